The molecule has 1 atom stereocenters. The van der Waals surface area contributed by atoms with Crippen LogP contribution in [0, 0.1) is 12.3 Å². The lowest BCUT2D eigenvalue weighted by molar-refractivity contribution is -0.121. The third kappa shape index (κ3) is 3.64. The van der Waals surface area contributed by atoms with Crippen LogP contribution in [0.1, 0.15) is 13.3 Å². The maximum absolute atomic E-state index is 12.1. The topological polar surface area (TPSA) is 89.2 Å². The summed E-state index contributed by atoms with van der Waals surface area (Å²) < 4.78 is 1.54. The average Bonchev–Trinajstić information content (AvgIpc) is 2.52. The SMILES string of the molecule is C#CCCNC(=O)[C@@H](C)Nc1cc(=O)n(C)c2ccc(N)cc12. The van der Waals surface area contributed by atoms with Crippen LogP contribution in [0.15, 0.2) is 29.1 Å². The van der Waals surface area contributed by atoms with Crippen LogP contribution in [-0.2, 0) is 11.8 Å². The highest BCUT2D eigenvalue weighted by atomic mass is 16.2. The number of aryl methyl sites for hydroxylation is 1. The number of pyridine rings is 1. The van der Waals surface area contributed by atoms with Crippen molar-refractivity contribution in [2.45, 2.75) is 19.4 Å². The summed E-state index contributed by atoms with van der Waals surface area (Å²) in [5.41, 5.74) is 7.59. The Bertz CT molecular complexity index is 833. The fraction of sp³-hybridized carbons (Fsp3) is 0.294. The van der Waals surface area contributed by atoms with Gasteiger partial charge in [-0.2, -0.15) is 0 Å². The van der Waals surface area contributed by atoms with E-state index in [0.29, 0.717) is 24.3 Å². The smallest absolute Gasteiger partial charge is 0.252 e. The van der Waals surface area contributed by atoms with E-state index in [4.69, 9.17) is 12.2 Å². The second-order valence-corrected chi connectivity index (χ2v) is 5.34. The van der Waals surface area contributed by atoms with Crippen molar-refractivity contribution in [1.82, 2.24) is 9.88 Å². The third-order valence-corrected chi connectivity index (χ3v) is 3.60. The molecular weight excluding hydrogens is 292 g/mol. The van der Waals surface area contributed by atoms with Gasteiger partial charge in [0.15, 0.2) is 0 Å². The Morgan fingerprint density at radius 2 is 2.17 bits per heavy atom. The van der Waals surface area contributed by atoms with E-state index in [0.717, 1.165) is 10.9 Å². The number of nitrogens with zero attached hydrogens (tertiary/aromatic N) is 1. The van der Waals surface area contributed by atoms with Gasteiger partial charge in [0.2, 0.25) is 5.91 Å². The van der Waals surface area contributed by atoms with Gasteiger partial charge in [-0.25, -0.2) is 0 Å². The zero-order valence-electron chi connectivity index (χ0n) is 13.2. The van der Waals surface area contributed by atoms with Gasteiger partial charge in [-0.1, -0.05) is 0 Å². The molecule has 120 valence electrons. The monoisotopic (exact) mass is 312 g/mol. The lowest BCUT2D eigenvalue weighted by Gasteiger charge is -2.17. The van der Waals surface area contributed by atoms with Gasteiger partial charge < -0.3 is 20.9 Å². The van der Waals surface area contributed by atoms with Crippen LogP contribution in [0.25, 0.3) is 10.9 Å². The molecule has 0 radical (unpaired) electrons. The van der Waals surface area contributed by atoms with Crippen molar-refractivity contribution in [3.8, 4) is 12.3 Å². The zero-order chi connectivity index (χ0) is 17.0. The van der Waals surface area contributed by atoms with E-state index >= 15 is 0 Å². The molecule has 0 aliphatic rings. The molecule has 0 saturated carbocycles. The third-order valence-electron chi connectivity index (χ3n) is 3.60. The molecule has 1 aromatic carbocycles. The van der Waals surface area contributed by atoms with Crippen LogP contribution >= 0.6 is 0 Å². The van der Waals surface area contributed by atoms with E-state index in [-0.39, 0.29) is 11.5 Å². The molecule has 23 heavy (non-hydrogen) atoms. The Labute approximate surface area is 134 Å². The molecule has 1 aromatic heterocycles. The van der Waals surface area contributed by atoms with Gasteiger partial charge in [0.1, 0.15) is 6.04 Å². The first-order chi connectivity index (χ1) is 10.9. The van der Waals surface area contributed by atoms with Crippen LogP contribution in [0.5, 0.6) is 0 Å². The Morgan fingerprint density at radius 1 is 1.43 bits per heavy atom. The lowest BCUT2D eigenvalue weighted by Crippen LogP contribution is -2.38. The number of anilines is 2. The summed E-state index contributed by atoms with van der Waals surface area (Å²) in [6, 6.07) is 6.26. The molecule has 0 aliphatic heterocycles. The van der Waals surface area contributed by atoms with E-state index in [2.05, 4.69) is 16.6 Å². The lowest BCUT2D eigenvalue weighted by atomic mass is 10.1. The second-order valence-electron chi connectivity index (χ2n) is 5.34. The molecule has 6 nitrogen and oxygen atoms in total. The number of hydrogen-bond donors (Lipinski definition) is 3. The molecule has 4 N–H and O–H groups in total. The van der Waals surface area contributed by atoms with Crippen LogP contribution in [0.3, 0.4) is 0 Å². The number of nitrogens with two attached hydrogens (primary N) is 1. The maximum atomic E-state index is 12.1. The highest BCUT2D eigenvalue weighted by Gasteiger charge is 2.15. The van der Waals surface area contributed by atoms with Crippen molar-refractivity contribution in [2.75, 3.05) is 17.6 Å². The number of aromatic nitrogens is 1. The number of carbonyl (C=O) groups excluding carboxylic acids is 1. The van der Waals surface area contributed by atoms with Crippen molar-refractivity contribution in [1.29, 1.82) is 0 Å². The number of fused-ring (bicyclic) bond motifs is 1. The predicted molar refractivity (Wildman–Crippen MR) is 93.1 cm³/mol. The summed E-state index contributed by atoms with van der Waals surface area (Å²) in [6.07, 6.45) is 5.63. The molecule has 0 spiro atoms. The molecule has 0 unspecified atom stereocenters. The van der Waals surface area contributed by atoms with Crippen molar-refractivity contribution in [3.05, 3.63) is 34.6 Å². The summed E-state index contributed by atoms with van der Waals surface area (Å²) in [5.74, 6) is 2.28. The molecule has 0 bridgehead atoms. The number of rotatable bonds is 5. The number of benzene rings is 1. The molecule has 2 aromatic rings. The van der Waals surface area contributed by atoms with Gasteiger partial charge in [-0.05, 0) is 25.1 Å². The minimum Gasteiger partial charge on any atom is -0.399 e. The van der Waals surface area contributed by atoms with E-state index in [1.54, 1.807) is 32.2 Å². The van der Waals surface area contributed by atoms with E-state index < -0.39 is 6.04 Å². The standard InChI is InChI=1S/C17H20N4O2/c1-4-5-8-19-17(23)11(2)20-14-10-16(22)21(3)15-7-6-12(18)9-13(14)15/h1,6-7,9-11,20H,5,8,18H2,2-3H3,(H,19,23)/t11-/m1/s1. The largest absolute Gasteiger partial charge is 0.399 e. The van der Waals surface area contributed by atoms with E-state index in [1.165, 1.54) is 10.6 Å². The Balaban J connectivity index is 2.31. The minimum atomic E-state index is -0.510. The number of amides is 1. The highest BCUT2D eigenvalue weighted by molar-refractivity contribution is 5.95. The summed E-state index contributed by atoms with van der Waals surface area (Å²) in [7, 11) is 1.70. The van der Waals surface area contributed by atoms with Crippen LogP contribution in [0.2, 0.25) is 0 Å². The molecular formula is C17H20N4O2. The average molecular weight is 312 g/mol. The Hall–Kier alpha value is -2.94. The van der Waals surface area contributed by atoms with Gasteiger partial charge in [0, 0.05) is 42.8 Å². The number of terminal acetylenes is 1. The molecule has 6 heteroatoms. The number of nitrogen functional groups attached to an aromatic ring is 1. The minimum absolute atomic E-state index is 0.162. The van der Waals surface area contributed by atoms with Crippen molar-refractivity contribution < 1.29 is 4.79 Å². The quantitative estimate of drug-likeness (QED) is 0.437. The molecule has 1 amide bonds. The number of carbonyl (C=O) groups is 1. The predicted octanol–water partition coefficient (Wildman–Crippen LogP) is 1.06. The van der Waals surface area contributed by atoms with Crippen LogP contribution < -0.4 is 21.9 Å². The van der Waals surface area contributed by atoms with Gasteiger partial charge >= 0.3 is 0 Å². The molecule has 0 aliphatic carbocycles. The zero-order valence-corrected chi connectivity index (χ0v) is 13.2. The van der Waals surface area contributed by atoms with E-state index in [1.807, 2.05) is 0 Å². The summed E-state index contributed by atoms with van der Waals surface area (Å²) in [4.78, 5) is 24.1. The summed E-state index contributed by atoms with van der Waals surface area (Å²) >= 11 is 0. The normalized spacial score (nSPS) is 11.7. The van der Waals surface area contributed by atoms with Gasteiger partial charge in [-0.15, -0.1) is 12.3 Å². The fourth-order valence-electron chi connectivity index (χ4n) is 2.31. The first-order valence-electron chi connectivity index (χ1n) is 7.31. The van der Waals surface area contributed by atoms with Gasteiger partial charge in [0.05, 0.1) is 5.52 Å². The first-order valence-corrected chi connectivity index (χ1v) is 7.31. The highest BCUT2D eigenvalue weighted by Crippen LogP contribution is 2.24. The number of hydrogen-bond acceptors (Lipinski definition) is 4. The molecule has 0 fully saturated rings. The Morgan fingerprint density at radius 3 is 2.87 bits per heavy atom. The van der Waals surface area contributed by atoms with Crippen molar-refractivity contribution in [3.63, 3.8) is 0 Å². The van der Waals surface area contributed by atoms with Gasteiger partial charge in [-0.3, -0.25) is 9.59 Å². The molecule has 0 saturated heterocycles. The van der Waals surface area contributed by atoms with Crippen molar-refractivity contribution in [2.24, 2.45) is 7.05 Å². The maximum Gasteiger partial charge on any atom is 0.252 e. The summed E-state index contributed by atoms with van der Waals surface area (Å²) in [6.45, 7) is 2.15. The molecule has 1 heterocycles. The summed E-state index contributed by atoms with van der Waals surface area (Å²) in [5, 5.41) is 6.60. The molecule has 2 rings (SSSR count). The van der Waals surface area contributed by atoms with Crippen LogP contribution in [0.4, 0.5) is 11.4 Å². The fourth-order valence-corrected chi connectivity index (χ4v) is 2.31. The van der Waals surface area contributed by atoms with Gasteiger partial charge in [0.25, 0.3) is 5.56 Å². The van der Waals surface area contributed by atoms with E-state index in [9.17, 15) is 9.59 Å². The second kappa shape index (κ2) is 6.88. The Kier molecular flexibility index (Phi) is 4.91. The number of nitrogens with one attached hydrogen (secondary N) is 2. The van der Waals surface area contributed by atoms with Crippen molar-refractivity contribution >= 4 is 28.2 Å². The van der Waals surface area contributed by atoms with Crippen LogP contribution in [-0.4, -0.2) is 23.1 Å². The first kappa shape index (κ1) is 16.4.